The van der Waals surface area contributed by atoms with E-state index in [9.17, 15) is 9.90 Å². The van der Waals surface area contributed by atoms with E-state index in [-0.39, 0.29) is 18.1 Å². The standard InChI is InChI=1S/C18H27NO2/c20-17-13-11-16(12-14-17)19-18(21)10-6-2-5-9-15-7-3-1-4-8-15/h1,3-4,7-8,16-17,20H,2,5-6,9-14H2,(H,19,21)/t16-,17-. The third kappa shape index (κ3) is 6.30. The second kappa shape index (κ2) is 8.83. The Bertz CT molecular complexity index is 410. The van der Waals surface area contributed by atoms with Crippen LogP contribution in [0.3, 0.4) is 0 Å². The third-order valence-corrected chi connectivity index (χ3v) is 4.27. The van der Waals surface area contributed by atoms with Crippen LogP contribution in [0.15, 0.2) is 30.3 Å². The lowest BCUT2D eigenvalue weighted by Gasteiger charge is -2.26. The van der Waals surface area contributed by atoms with Gasteiger partial charge in [-0.1, -0.05) is 36.8 Å². The molecule has 1 saturated carbocycles. The summed E-state index contributed by atoms with van der Waals surface area (Å²) >= 11 is 0. The highest BCUT2D eigenvalue weighted by molar-refractivity contribution is 5.76. The molecule has 1 aromatic carbocycles. The molecule has 0 aliphatic heterocycles. The molecule has 1 aromatic rings. The van der Waals surface area contributed by atoms with Crippen molar-refractivity contribution in [3.63, 3.8) is 0 Å². The van der Waals surface area contributed by atoms with Gasteiger partial charge in [-0.25, -0.2) is 0 Å². The topological polar surface area (TPSA) is 49.3 Å². The highest BCUT2D eigenvalue weighted by Gasteiger charge is 2.20. The Hall–Kier alpha value is -1.35. The maximum Gasteiger partial charge on any atom is 0.220 e. The summed E-state index contributed by atoms with van der Waals surface area (Å²) in [6.07, 6.45) is 8.27. The molecule has 0 aromatic heterocycles. The van der Waals surface area contributed by atoms with Crippen LogP contribution in [-0.2, 0) is 11.2 Å². The molecule has 2 rings (SSSR count). The molecule has 1 fully saturated rings. The predicted octanol–water partition coefficient (Wildman–Crippen LogP) is 3.21. The summed E-state index contributed by atoms with van der Waals surface area (Å²) in [4.78, 5) is 11.9. The van der Waals surface area contributed by atoms with Gasteiger partial charge in [-0.15, -0.1) is 0 Å². The van der Waals surface area contributed by atoms with Gasteiger partial charge >= 0.3 is 0 Å². The van der Waals surface area contributed by atoms with Crippen LogP contribution in [0.5, 0.6) is 0 Å². The van der Waals surface area contributed by atoms with Crippen molar-refractivity contribution in [3.8, 4) is 0 Å². The van der Waals surface area contributed by atoms with Gasteiger partial charge in [0.25, 0.3) is 0 Å². The molecular formula is C18H27NO2. The number of hydrogen-bond donors (Lipinski definition) is 2. The zero-order chi connectivity index (χ0) is 14.9. The van der Waals surface area contributed by atoms with E-state index in [4.69, 9.17) is 0 Å². The molecule has 2 N–H and O–H groups in total. The monoisotopic (exact) mass is 289 g/mol. The minimum Gasteiger partial charge on any atom is -0.393 e. The average Bonchev–Trinajstić information content (AvgIpc) is 2.50. The number of aliphatic hydroxyl groups is 1. The normalized spacial score (nSPS) is 22.0. The van der Waals surface area contributed by atoms with Crippen molar-refractivity contribution in [2.45, 2.75) is 69.9 Å². The van der Waals surface area contributed by atoms with Crippen LogP contribution in [0.25, 0.3) is 0 Å². The molecule has 116 valence electrons. The van der Waals surface area contributed by atoms with Crippen molar-refractivity contribution in [3.05, 3.63) is 35.9 Å². The van der Waals surface area contributed by atoms with Gasteiger partial charge in [-0.05, 0) is 50.5 Å². The summed E-state index contributed by atoms with van der Waals surface area (Å²) in [7, 11) is 0. The molecule has 21 heavy (non-hydrogen) atoms. The summed E-state index contributed by atoms with van der Waals surface area (Å²) in [6, 6.07) is 10.8. The van der Waals surface area contributed by atoms with Crippen molar-refractivity contribution in [2.75, 3.05) is 0 Å². The van der Waals surface area contributed by atoms with Gasteiger partial charge in [0, 0.05) is 12.5 Å². The fraction of sp³-hybridized carbons (Fsp3) is 0.611. The van der Waals surface area contributed by atoms with Crippen molar-refractivity contribution >= 4 is 5.91 Å². The number of carbonyl (C=O) groups excluding carboxylic acids is 1. The molecule has 0 unspecified atom stereocenters. The van der Waals surface area contributed by atoms with Gasteiger partial charge in [0.15, 0.2) is 0 Å². The van der Waals surface area contributed by atoms with E-state index >= 15 is 0 Å². The van der Waals surface area contributed by atoms with Crippen molar-refractivity contribution < 1.29 is 9.90 Å². The minimum absolute atomic E-state index is 0.156. The van der Waals surface area contributed by atoms with Gasteiger partial charge in [-0.3, -0.25) is 4.79 Å². The number of benzene rings is 1. The maximum atomic E-state index is 11.9. The van der Waals surface area contributed by atoms with E-state index < -0.39 is 0 Å². The van der Waals surface area contributed by atoms with Crippen LogP contribution >= 0.6 is 0 Å². The Balaban J connectivity index is 1.51. The first kappa shape index (κ1) is 16.0. The lowest BCUT2D eigenvalue weighted by Crippen LogP contribution is -2.38. The Morgan fingerprint density at radius 3 is 2.48 bits per heavy atom. The van der Waals surface area contributed by atoms with Gasteiger partial charge in [0.2, 0.25) is 5.91 Å². The number of rotatable bonds is 7. The van der Waals surface area contributed by atoms with Crippen molar-refractivity contribution in [2.24, 2.45) is 0 Å². The largest absolute Gasteiger partial charge is 0.393 e. The fourth-order valence-corrected chi connectivity index (χ4v) is 2.96. The highest BCUT2D eigenvalue weighted by Crippen LogP contribution is 2.18. The number of nitrogens with one attached hydrogen (secondary N) is 1. The number of aliphatic hydroxyl groups excluding tert-OH is 1. The molecule has 0 atom stereocenters. The van der Waals surface area contributed by atoms with Crippen molar-refractivity contribution in [1.29, 1.82) is 0 Å². The molecule has 0 spiro atoms. The van der Waals surface area contributed by atoms with Gasteiger partial charge in [0.1, 0.15) is 0 Å². The van der Waals surface area contributed by atoms with Gasteiger partial charge < -0.3 is 10.4 Å². The molecule has 1 aliphatic rings. The second-order valence-electron chi connectivity index (χ2n) is 6.12. The second-order valence-corrected chi connectivity index (χ2v) is 6.12. The molecular weight excluding hydrogens is 262 g/mol. The number of carbonyl (C=O) groups is 1. The minimum atomic E-state index is -0.156. The quantitative estimate of drug-likeness (QED) is 0.757. The molecule has 0 bridgehead atoms. The first-order chi connectivity index (χ1) is 10.2. The molecule has 3 heteroatoms. The zero-order valence-electron chi connectivity index (χ0n) is 12.8. The highest BCUT2D eigenvalue weighted by atomic mass is 16.3. The zero-order valence-corrected chi connectivity index (χ0v) is 12.8. The Kier molecular flexibility index (Phi) is 6.74. The van der Waals surface area contributed by atoms with Gasteiger partial charge in [0.05, 0.1) is 6.10 Å². The molecule has 0 saturated heterocycles. The van der Waals surface area contributed by atoms with Crippen LogP contribution in [0, 0.1) is 0 Å². The van der Waals surface area contributed by atoms with Gasteiger partial charge in [-0.2, -0.15) is 0 Å². The van der Waals surface area contributed by atoms with Crippen LogP contribution in [0.2, 0.25) is 0 Å². The van der Waals surface area contributed by atoms with Crippen molar-refractivity contribution in [1.82, 2.24) is 5.32 Å². The maximum absolute atomic E-state index is 11.9. The van der Waals surface area contributed by atoms with E-state index in [2.05, 4.69) is 29.6 Å². The van der Waals surface area contributed by atoms with Crippen LogP contribution in [0.1, 0.15) is 56.9 Å². The summed E-state index contributed by atoms with van der Waals surface area (Å²) in [5, 5.41) is 12.5. The van der Waals surface area contributed by atoms with E-state index in [0.717, 1.165) is 51.4 Å². The van der Waals surface area contributed by atoms with Crippen LogP contribution in [0.4, 0.5) is 0 Å². The summed E-state index contributed by atoms with van der Waals surface area (Å²) in [6.45, 7) is 0. The summed E-state index contributed by atoms with van der Waals surface area (Å²) < 4.78 is 0. The summed E-state index contributed by atoms with van der Waals surface area (Å²) in [5.41, 5.74) is 1.38. The summed E-state index contributed by atoms with van der Waals surface area (Å²) in [5.74, 6) is 0.177. The number of amides is 1. The Morgan fingerprint density at radius 1 is 1.05 bits per heavy atom. The van der Waals surface area contributed by atoms with E-state index in [1.807, 2.05) is 6.07 Å². The number of aryl methyl sites for hydroxylation is 1. The third-order valence-electron chi connectivity index (χ3n) is 4.27. The number of hydrogen-bond acceptors (Lipinski definition) is 2. The average molecular weight is 289 g/mol. The van der Waals surface area contributed by atoms with E-state index in [1.165, 1.54) is 5.56 Å². The molecule has 3 nitrogen and oxygen atoms in total. The SMILES string of the molecule is O=C(CCCCCc1ccccc1)N[C@H]1CC[C@H](O)CC1. The molecule has 0 heterocycles. The van der Waals surface area contributed by atoms with E-state index in [0.29, 0.717) is 6.42 Å². The molecule has 1 amide bonds. The predicted molar refractivity (Wildman–Crippen MR) is 85.0 cm³/mol. The lowest BCUT2D eigenvalue weighted by atomic mass is 9.93. The number of unbranched alkanes of at least 4 members (excludes halogenated alkanes) is 2. The Labute approximate surface area is 127 Å². The van der Waals surface area contributed by atoms with E-state index in [1.54, 1.807) is 0 Å². The fourth-order valence-electron chi connectivity index (χ4n) is 2.96. The first-order valence-corrected chi connectivity index (χ1v) is 8.25. The lowest BCUT2D eigenvalue weighted by molar-refractivity contribution is -0.122. The molecule has 1 aliphatic carbocycles. The first-order valence-electron chi connectivity index (χ1n) is 8.25. The van der Waals surface area contributed by atoms with Crippen LogP contribution in [-0.4, -0.2) is 23.2 Å². The smallest absolute Gasteiger partial charge is 0.220 e. The molecule has 0 radical (unpaired) electrons. The Morgan fingerprint density at radius 2 is 1.76 bits per heavy atom. The van der Waals surface area contributed by atoms with Crippen LogP contribution < -0.4 is 5.32 Å².